The predicted octanol–water partition coefficient (Wildman–Crippen LogP) is 2.51. The maximum atomic E-state index is 12.6. The Hall–Kier alpha value is -1.69. The quantitative estimate of drug-likeness (QED) is 0.518. The minimum Gasteiger partial charge on any atom is -0.348 e. The molecule has 0 aliphatic rings. The van der Waals surface area contributed by atoms with Crippen LogP contribution in [0.3, 0.4) is 0 Å². The molecular formula is C18H21Cl2N3O5S2. The Morgan fingerprint density at radius 2 is 1.63 bits per heavy atom. The maximum absolute atomic E-state index is 12.6. The fraction of sp³-hybridized carbons (Fsp3) is 0.278. The van der Waals surface area contributed by atoms with Crippen LogP contribution in [0.2, 0.25) is 10.0 Å². The van der Waals surface area contributed by atoms with E-state index in [-0.39, 0.29) is 44.4 Å². The van der Waals surface area contributed by atoms with Gasteiger partial charge in [0, 0.05) is 13.1 Å². The summed E-state index contributed by atoms with van der Waals surface area (Å²) in [5, 5.41) is 7.53. The zero-order valence-corrected chi connectivity index (χ0v) is 19.3. The van der Waals surface area contributed by atoms with Gasteiger partial charge in [0.05, 0.1) is 20.5 Å². The number of rotatable bonds is 8. The van der Waals surface area contributed by atoms with Crippen molar-refractivity contribution in [2.45, 2.75) is 30.2 Å². The van der Waals surface area contributed by atoms with E-state index in [2.05, 4.69) is 10.0 Å². The van der Waals surface area contributed by atoms with Crippen molar-refractivity contribution in [3.63, 3.8) is 0 Å². The number of nitrogens with two attached hydrogens (primary N) is 1. The number of sulfonamides is 2. The molecule has 30 heavy (non-hydrogen) atoms. The molecule has 0 aliphatic heterocycles. The molecule has 12 heteroatoms. The molecule has 1 amide bonds. The van der Waals surface area contributed by atoms with Crippen molar-refractivity contribution in [2.24, 2.45) is 11.1 Å². The van der Waals surface area contributed by atoms with Gasteiger partial charge in [-0.05, 0) is 35.7 Å². The monoisotopic (exact) mass is 493 g/mol. The van der Waals surface area contributed by atoms with E-state index < -0.39 is 26.0 Å². The molecule has 2 aromatic rings. The Morgan fingerprint density at radius 1 is 1.03 bits per heavy atom. The number of halogens is 2. The summed E-state index contributed by atoms with van der Waals surface area (Å²) in [5.41, 5.74) is 0.541. The summed E-state index contributed by atoms with van der Waals surface area (Å²) in [6, 6.07) is 7.94. The SMILES string of the molecule is CC(C)CNS(=O)(=O)c1cc(C(=O)NCc2ccc(S(N)(=O)=O)cc2)c(Cl)cc1Cl. The van der Waals surface area contributed by atoms with Crippen LogP contribution in [0.25, 0.3) is 0 Å². The van der Waals surface area contributed by atoms with E-state index in [4.69, 9.17) is 28.3 Å². The Labute approximate surface area is 185 Å². The van der Waals surface area contributed by atoms with E-state index in [0.29, 0.717) is 5.56 Å². The summed E-state index contributed by atoms with van der Waals surface area (Å²) >= 11 is 12.1. The normalized spacial score (nSPS) is 12.2. The summed E-state index contributed by atoms with van der Waals surface area (Å²) in [6.07, 6.45) is 0. The van der Waals surface area contributed by atoms with Crippen molar-refractivity contribution in [1.29, 1.82) is 0 Å². The number of nitrogens with one attached hydrogen (secondary N) is 2. The first kappa shape index (κ1) is 24.6. The lowest BCUT2D eigenvalue weighted by Gasteiger charge is -2.13. The van der Waals surface area contributed by atoms with Gasteiger partial charge in [-0.15, -0.1) is 0 Å². The molecule has 0 spiro atoms. The van der Waals surface area contributed by atoms with Gasteiger partial charge in [-0.3, -0.25) is 4.79 Å². The lowest BCUT2D eigenvalue weighted by molar-refractivity contribution is 0.0951. The van der Waals surface area contributed by atoms with Crippen molar-refractivity contribution in [2.75, 3.05) is 6.54 Å². The fourth-order valence-electron chi connectivity index (χ4n) is 2.34. The van der Waals surface area contributed by atoms with Crippen molar-refractivity contribution in [1.82, 2.24) is 10.0 Å². The van der Waals surface area contributed by atoms with Crippen LogP contribution in [-0.2, 0) is 26.6 Å². The molecule has 2 rings (SSSR count). The van der Waals surface area contributed by atoms with Crippen LogP contribution >= 0.6 is 23.2 Å². The van der Waals surface area contributed by atoms with E-state index in [0.717, 1.165) is 6.07 Å². The van der Waals surface area contributed by atoms with Crippen LogP contribution < -0.4 is 15.2 Å². The summed E-state index contributed by atoms with van der Waals surface area (Å²) in [7, 11) is -7.75. The largest absolute Gasteiger partial charge is 0.348 e. The number of primary sulfonamides is 1. The Kier molecular flexibility index (Phi) is 7.89. The smallest absolute Gasteiger partial charge is 0.253 e. The molecule has 0 saturated heterocycles. The molecule has 0 unspecified atom stereocenters. The minimum atomic E-state index is -3.93. The molecule has 8 nitrogen and oxygen atoms in total. The van der Waals surface area contributed by atoms with Crippen molar-refractivity contribution in [3.05, 3.63) is 57.6 Å². The van der Waals surface area contributed by atoms with E-state index in [1.54, 1.807) is 0 Å². The number of carbonyl (C=O) groups is 1. The number of amides is 1. The molecule has 0 aromatic heterocycles. The standard InChI is InChI=1S/C18H21Cl2N3O5S2/c1-11(2)9-23-30(27,28)17-7-14(15(19)8-16(17)20)18(24)22-10-12-3-5-13(6-4-12)29(21,25)26/h3-8,11,23H,9-10H2,1-2H3,(H,22,24)(H2,21,25,26). The Bertz CT molecular complexity index is 1150. The third-order valence-electron chi connectivity index (χ3n) is 3.94. The third-order valence-corrected chi connectivity index (χ3v) is 7.07. The first-order valence-electron chi connectivity index (χ1n) is 8.70. The van der Waals surface area contributed by atoms with E-state index in [1.165, 1.54) is 30.3 Å². The lowest BCUT2D eigenvalue weighted by atomic mass is 10.2. The molecular weight excluding hydrogens is 473 g/mol. The fourth-order valence-corrected chi connectivity index (χ4v) is 4.92. The molecule has 4 N–H and O–H groups in total. The molecule has 0 fully saturated rings. The van der Waals surface area contributed by atoms with Crippen molar-refractivity contribution >= 4 is 49.2 Å². The molecule has 0 bridgehead atoms. The van der Waals surface area contributed by atoms with E-state index in [1.807, 2.05) is 13.8 Å². The van der Waals surface area contributed by atoms with Gasteiger partial charge >= 0.3 is 0 Å². The molecule has 0 saturated carbocycles. The van der Waals surface area contributed by atoms with Crippen molar-refractivity contribution < 1.29 is 21.6 Å². The van der Waals surface area contributed by atoms with Gasteiger partial charge in [0.25, 0.3) is 5.91 Å². The van der Waals surface area contributed by atoms with Gasteiger partial charge < -0.3 is 5.32 Å². The minimum absolute atomic E-state index is 0.00937. The highest BCUT2D eigenvalue weighted by atomic mass is 35.5. The summed E-state index contributed by atoms with van der Waals surface area (Å²) in [5.74, 6) is -0.540. The van der Waals surface area contributed by atoms with Crippen LogP contribution in [0.1, 0.15) is 29.8 Å². The molecule has 0 atom stereocenters. The summed E-state index contributed by atoms with van der Waals surface area (Å²) in [4.78, 5) is 12.2. The van der Waals surface area contributed by atoms with Crippen LogP contribution in [0, 0.1) is 5.92 Å². The third kappa shape index (κ3) is 6.40. The second kappa shape index (κ2) is 9.63. The zero-order chi connectivity index (χ0) is 22.7. The van der Waals surface area contributed by atoms with Crippen LogP contribution in [-0.4, -0.2) is 29.3 Å². The highest BCUT2D eigenvalue weighted by Crippen LogP contribution is 2.29. The average molecular weight is 494 g/mol. The number of hydrogen-bond acceptors (Lipinski definition) is 5. The van der Waals surface area contributed by atoms with Crippen LogP contribution in [0.4, 0.5) is 0 Å². The average Bonchev–Trinajstić information content (AvgIpc) is 2.64. The van der Waals surface area contributed by atoms with Gasteiger partial charge in [-0.25, -0.2) is 26.7 Å². The number of carbonyl (C=O) groups excluding carboxylic acids is 1. The highest BCUT2D eigenvalue weighted by molar-refractivity contribution is 7.89. The molecule has 0 radical (unpaired) electrons. The van der Waals surface area contributed by atoms with Crippen LogP contribution in [0.15, 0.2) is 46.2 Å². The van der Waals surface area contributed by atoms with Gasteiger partial charge in [0.1, 0.15) is 4.90 Å². The molecule has 164 valence electrons. The predicted molar refractivity (Wildman–Crippen MR) is 115 cm³/mol. The first-order chi connectivity index (χ1) is 13.8. The second-order valence-electron chi connectivity index (χ2n) is 6.88. The highest BCUT2D eigenvalue weighted by Gasteiger charge is 2.22. The van der Waals surface area contributed by atoms with Gasteiger partial charge in [0.2, 0.25) is 20.0 Å². The summed E-state index contributed by atoms with van der Waals surface area (Å²) < 4.78 is 50.0. The lowest BCUT2D eigenvalue weighted by Crippen LogP contribution is -2.28. The van der Waals surface area contributed by atoms with Gasteiger partial charge in [-0.1, -0.05) is 49.2 Å². The van der Waals surface area contributed by atoms with Crippen LogP contribution in [0.5, 0.6) is 0 Å². The Morgan fingerprint density at radius 3 is 2.17 bits per heavy atom. The maximum Gasteiger partial charge on any atom is 0.253 e. The van der Waals surface area contributed by atoms with Gasteiger partial charge in [0.15, 0.2) is 0 Å². The Balaban J connectivity index is 2.21. The number of benzene rings is 2. The van der Waals surface area contributed by atoms with Crippen molar-refractivity contribution in [3.8, 4) is 0 Å². The first-order valence-corrected chi connectivity index (χ1v) is 12.5. The zero-order valence-electron chi connectivity index (χ0n) is 16.1. The van der Waals surface area contributed by atoms with E-state index in [9.17, 15) is 21.6 Å². The molecule has 0 aliphatic carbocycles. The number of hydrogen-bond donors (Lipinski definition) is 3. The second-order valence-corrected chi connectivity index (χ2v) is 11.0. The summed E-state index contributed by atoms with van der Waals surface area (Å²) in [6.45, 7) is 3.95. The topological polar surface area (TPSA) is 135 Å². The molecule has 0 heterocycles. The van der Waals surface area contributed by atoms with Gasteiger partial charge in [-0.2, -0.15) is 0 Å². The molecule has 2 aromatic carbocycles. The van der Waals surface area contributed by atoms with E-state index >= 15 is 0 Å².